The highest BCUT2D eigenvalue weighted by molar-refractivity contribution is 7.20. The Bertz CT molecular complexity index is 1370. The van der Waals surface area contributed by atoms with Crippen LogP contribution in [0.5, 0.6) is 0 Å². The Morgan fingerprint density at radius 2 is 1.84 bits per heavy atom. The minimum atomic E-state index is 0.000653. The SMILES string of the molecule is Cc1nc(N2CCC(C)CC2)c2c(C)c(C(=O)N(Cc3ccc(C(C)C)cc3)Cc3ccco3)sc2n1. The number of benzene rings is 1. The van der Waals surface area contributed by atoms with Gasteiger partial charge in [-0.2, -0.15) is 0 Å². The molecule has 7 heteroatoms. The Kier molecular flexibility index (Phi) is 7.33. The summed E-state index contributed by atoms with van der Waals surface area (Å²) < 4.78 is 5.63. The molecule has 37 heavy (non-hydrogen) atoms. The van der Waals surface area contributed by atoms with Crippen molar-refractivity contribution < 1.29 is 9.21 Å². The minimum absolute atomic E-state index is 0.000653. The third-order valence-corrected chi connectivity index (χ3v) is 8.57. The molecule has 0 radical (unpaired) electrons. The molecule has 4 aromatic rings. The summed E-state index contributed by atoms with van der Waals surface area (Å²) in [4.78, 5) is 29.6. The zero-order valence-corrected chi connectivity index (χ0v) is 23.3. The highest BCUT2D eigenvalue weighted by atomic mass is 32.1. The quantitative estimate of drug-likeness (QED) is 0.262. The number of aryl methyl sites for hydroxylation is 2. The molecule has 1 aliphatic rings. The Morgan fingerprint density at radius 1 is 1.11 bits per heavy atom. The first-order valence-electron chi connectivity index (χ1n) is 13.2. The number of fused-ring (bicyclic) bond motifs is 1. The zero-order valence-electron chi connectivity index (χ0n) is 22.5. The smallest absolute Gasteiger partial charge is 0.265 e. The fraction of sp³-hybridized carbons (Fsp3) is 0.433. The molecule has 1 aromatic carbocycles. The first-order chi connectivity index (χ1) is 17.8. The van der Waals surface area contributed by atoms with E-state index in [0.717, 1.165) is 75.5 Å². The summed E-state index contributed by atoms with van der Waals surface area (Å²) in [6, 6.07) is 12.3. The predicted molar refractivity (Wildman–Crippen MR) is 150 cm³/mol. The monoisotopic (exact) mass is 516 g/mol. The topological polar surface area (TPSA) is 62.5 Å². The Morgan fingerprint density at radius 3 is 2.49 bits per heavy atom. The summed E-state index contributed by atoms with van der Waals surface area (Å²) in [5.74, 6) is 3.70. The number of thiophene rings is 1. The molecule has 0 saturated carbocycles. The average molecular weight is 517 g/mol. The van der Waals surface area contributed by atoms with Crippen LogP contribution < -0.4 is 4.90 Å². The zero-order chi connectivity index (χ0) is 26.1. The van der Waals surface area contributed by atoms with Crippen LogP contribution in [0.15, 0.2) is 47.1 Å². The molecule has 194 valence electrons. The molecule has 0 N–H and O–H groups in total. The average Bonchev–Trinajstić information content (AvgIpc) is 3.51. The first-order valence-corrected chi connectivity index (χ1v) is 14.0. The van der Waals surface area contributed by atoms with Crippen LogP contribution in [-0.4, -0.2) is 33.9 Å². The van der Waals surface area contributed by atoms with Gasteiger partial charge in [-0.1, -0.05) is 45.0 Å². The van der Waals surface area contributed by atoms with Crippen molar-refractivity contribution in [2.24, 2.45) is 5.92 Å². The molecule has 0 spiro atoms. The van der Waals surface area contributed by atoms with E-state index in [-0.39, 0.29) is 5.91 Å². The van der Waals surface area contributed by atoms with Gasteiger partial charge < -0.3 is 14.2 Å². The molecule has 0 unspecified atom stereocenters. The lowest BCUT2D eigenvalue weighted by atomic mass is 9.99. The van der Waals surface area contributed by atoms with Crippen molar-refractivity contribution in [2.75, 3.05) is 18.0 Å². The summed E-state index contributed by atoms with van der Waals surface area (Å²) in [6.07, 6.45) is 3.97. The fourth-order valence-electron chi connectivity index (χ4n) is 5.04. The summed E-state index contributed by atoms with van der Waals surface area (Å²) in [7, 11) is 0. The number of anilines is 1. The molecule has 1 aliphatic heterocycles. The van der Waals surface area contributed by atoms with E-state index in [1.54, 1.807) is 6.26 Å². The van der Waals surface area contributed by atoms with Gasteiger partial charge >= 0.3 is 0 Å². The van der Waals surface area contributed by atoms with Crippen molar-refractivity contribution in [3.63, 3.8) is 0 Å². The summed E-state index contributed by atoms with van der Waals surface area (Å²) in [6.45, 7) is 13.6. The number of nitrogens with zero attached hydrogens (tertiary/aromatic N) is 4. The van der Waals surface area contributed by atoms with E-state index in [2.05, 4.69) is 49.9 Å². The maximum Gasteiger partial charge on any atom is 0.265 e. The second-order valence-corrected chi connectivity index (χ2v) is 11.6. The maximum atomic E-state index is 14.1. The Labute approximate surface area is 223 Å². The number of carbonyl (C=O) groups excluding carboxylic acids is 1. The highest BCUT2D eigenvalue weighted by Gasteiger charge is 2.27. The number of hydrogen-bond acceptors (Lipinski definition) is 6. The van der Waals surface area contributed by atoms with E-state index in [0.29, 0.717) is 19.0 Å². The Hall–Kier alpha value is -3.19. The van der Waals surface area contributed by atoms with Gasteiger partial charge in [0, 0.05) is 19.6 Å². The normalized spacial score (nSPS) is 14.6. The molecule has 6 nitrogen and oxygen atoms in total. The summed E-state index contributed by atoms with van der Waals surface area (Å²) >= 11 is 1.48. The van der Waals surface area contributed by atoms with Gasteiger partial charge in [0.15, 0.2) is 0 Å². The second kappa shape index (κ2) is 10.7. The molecule has 4 heterocycles. The lowest BCUT2D eigenvalue weighted by Crippen LogP contribution is -2.33. The number of aromatic nitrogens is 2. The molecule has 1 fully saturated rings. The summed E-state index contributed by atoms with van der Waals surface area (Å²) in [5.41, 5.74) is 3.36. The van der Waals surface area contributed by atoms with Gasteiger partial charge in [-0.15, -0.1) is 11.3 Å². The summed E-state index contributed by atoms with van der Waals surface area (Å²) in [5, 5.41) is 1.02. The van der Waals surface area contributed by atoms with Gasteiger partial charge in [0.2, 0.25) is 0 Å². The van der Waals surface area contributed by atoms with Gasteiger partial charge in [-0.25, -0.2) is 9.97 Å². The van der Waals surface area contributed by atoms with Crippen LogP contribution >= 0.6 is 11.3 Å². The molecule has 1 saturated heterocycles. The van der Waals surface area contributed by atoms with Crippen molar-refractivity contribution in [3.05, 3.63) is 75.8 Å². The predicted octanol–water partition coefficient (Wildman–Crippen LogP) is 7.10. The molecule has 0 atom stereocenters. The van der Waals surface area contributed by atoms with Gasteiger partial charge in [0.25, 0.3) is 5.91 Å². The molecule has 1 amide bonds. The number of rotatable bonds is 7. The van der Waals surface area contributed by atoms with E-state index in [1.165, 1.54) is 16.9 Å². The van der Waals surface area contributed by atoms with Crippen LogP contribution in [-0.2, 0) is 13.1 Å². The van der Waals surface area contributed by atoms with E-state index >= 15 is 0 Å². The maximum absolute atomic E-state index is 14.1. The first kappa shape index (κ1) is 25.5. The van der Waals surface area contributed by atoms with Crippen molar-refractivity contribution in [1.82, 2.24) is 14.9 Å². The highest BCUT2D eigenvalue weighted by Crippen LogP contribution is 2.37. The number of hydrogen-bond donors (Lipinski definition) is 0. The Balaban J connectivity index is 1.50. The van der Waals surface area contributed by atoms with Gasteiger partial charge in [-0.05, 0) is 67.3 Å². The van der Waals surface area contributed by atoms with Crippen LogP contribution in [0, 0.1) is 19.8 Å². The number of amides is 1. The fourth-order valence-corrected chi connectivity index (χ4v) is 6.23. The van der Waals surface area contributed by atoms with Crippen molar-refractivity contribution in [3.8, 4) is 0 Å². The lowest BCUT2D eigenvalue weighted by Gasteiger charge is -2.31. The number of carbonyl (C=O) groups is 1. The molecular weight excluding hydrogens is 480 g/mol. The van der Waals surface area contributed by atoms with Crippen LogP contribution in [0.3, 0.4) is 0 Å². The number of piperidine rings is 1. The van der Waals surface area contributed by atoms with Crippen LogP contribution in [0.25, 0.3) is 10.2 Å². The third kappa shape index (κ3) is 5.42. The lowest BCUT2D eigenvalue weighted by molar-refractivity contribution is 0.0722. The largest absolute Gasteiger partial charge is 0.467 e. The van der Waals surface area contributed by atoms with Gasteiger partial charge in [0.05, 0.1) is 23.1 Å². The molecular formula is C30H36N4O2S. The van der Waals surface area contributed by atoms with E-state index in [4.69, 9.17) is 14.4 Å². The van der Waals surface area contributed by atoms with Gasteiger partial charge in [-0.3, -0.25) is 4.79 Å². The van der Waals surface area contributed by atoms with Crippen LogP contribution in [0.1, 0.15) is 77.5 Å². The van der Waals surface area contributed by atoms with E-state index in [1.807, 2.05) is 30.9 Å². The molecule has 5 rings (SSSR count). The molecule has 0 aliphatic carbocycles. The van der Waals surface area contributed by atoms with E-state index in [9.17, 15) is 4.79 Å². The van der Waals surface area contributed by atoms with Crippen molar-refractivity contribution in [2.45, 2.75) is 66.5 Å². The third-order valence-electron chi connectivity index (χ3n) is 7.39. The molecule has 0 bridgehead atoms. The van der Waals surface area contributed by atoms with Crippen molar-refractivity contribution >= 4 is 33.3 Å². The van der Waals surface area contributed by atoms with Crippen molar-refractivity contribution in [1.29, 1.82) is 0 Å². The standard InChI is InChI=1S/C30H36N4O2S/c1-19(2)24-10-8-23(9-11-24)17-34(18-25-7-6-16-36-25)30(35)27-21(4)26-28(31-22(5)32-29(26)37-27)33-14-12-20(3)13-15-33/h6-11,16,19-20H,12-15,17-18H2,1-5H3. The second-order valence-electron chi connectivity index (χ2n) is 10.6. The number of furan rings is 1. The minimum Gasteiger partial charge on any atom is -0.467 e. The van der Waals surface area contributed by atoms with Gasteiger partial charge in [0.1, 0.15) is 22.2 Å². The van der Waals surface area contributed by atoms with Crippen LogP contribution in [0.2, 0.25) is 0 Å². The molecule has 3 aromatic heterocycles. The van der Waals surface area contributed by atoms with E-state index < -0.39 is 0 Å². The van der Waals surface area contributed by atoms with Crippen LogP contribution in [0.4, 0.5) is 5.82 Å².